The van der Waals surface area contributed by atoms with Crippen molar-refractivity contribution in [3.63, 3.8) is 0 Å². The van der Waals surface area contributed by atoms with Crippen molar-refractivity contribution in [2.75, 3.05) is 0 Å². The average Bonchev–Trinajstić information content (AvgIpc) is 2.74. The van der Waals surface area contributed by atoms with E-state index in [2.05, 4.69) is 45.1 Å². The largest absolute Gasteiger partial charge is 0.0721 e. The molecule has 0 nitrogen and oxygen atoms in total. The first-order valence-corrected chi connectivity index (χ1v) is 6.79. The zero-order valence-electron chi connectivity index (χ0n) is 11.1. The van der Waals surface area contributed by atoms with Crippen LogP contribution in [0.2, 0.25) is 0 Å². The van der Waals surface area contributed by atoms with Gasteiger partial charge in [0.2, 0.25) is 0 Å². The lowest BCUT2D eigenvalue weighted by Crippen LogP contribution is -2.09. The zero-order valence-corrected chi connectivity index (χ0v) is 11.1. The number of hydrogen-bond acceptors (Lipinski definition) is 0. The SMILES string of the molecule is CCC[C]1C=Cc2cc3c(cc21)CC(C)(C)C3. The Morgan fingerprint density at radius 3 is 2.47 bits per heavy atom. The predicted molar refractivity (Wildman–Crippen MR) is 73.9 cm³/mol. The molecular formula is C17H21. The molecule has 0 aliphatic heterocycles. The Morgan fingerprint density at radius 1 is 1.06 bits per heavy atom. The Labute approximate surface area is 105 Å². The van der Waals surface area contributed by atoms with E-state index in [9.17, 15) is 0 Å². The standard InChI is InChI=1S/C17H21/c1-4-5-12-6-7-13-8-14-10-17(2,3)11-15(14)9-16(12)13/h6-9H,4-5,10-11H2,1-3H3. The average molecular weight is 225 g/mol. The number of allylic oxidation sites excluding steroid dienone is 1. The van der Waals surface area contributed by atoms with Crippen LogP contribution in [-0.2, 0) is 12.8 Å². The van der Waals surface area contributed by atoms with Gasteiger partial charge in [0.15, 0.2) is 0 Å². The molecule has 0 unspecified atom stereocenters. The number of fused-ring (bicyclic) bond motifs is 2. The summed E-state index contributed by atoms with van der Waals surface area (Å²) in [5.74, 6) is 1.54. The maximum absolute atomic E-state index is 2.46. The summed E-state index contributed by atoms with van der Waals surface area (Å²) in [6, 6.07) is 4.89. The second-order valence-electron chi connectivity index (χ2n) is 6.33. The molecule has 0 aromatic heterocycles. The monoisotopic (exact) mass is 225 g/mol. The van der Waals surface area contributed by atoms with Gasteiger partial charge in [0.25, 0.3) is 0 Å². The molecule has 0 fully saturated rings. The lowest BCUT2D eigenvalue weighted by Gasteiger charge is -2.14. The van der Waals surface area contributed by atoms with E-state index in [1.165, 1.54) is 42.7 Å². The molecule has 3 rings (SSSR count). The highest BCUT2D eigenvalue weighted by atomic mass is 14.3. The van der Waals surface area contributed by atoms with Crippen LogP contribution in [-0.4, -0.2) is 0 Å². The van der Waals surface area contributed by atoms with E-state index in [-0.39, 0.29) is 0 Å². The third-order valence-electron chi connectivity index (χ3n) is 4.04. The Balaban J connectivity index is 1.99. The van der Waals surface area contributed by atoms with Crippen molar-refractivity contribution in [3.05, 3.63) is 46.4 Å². The second-order valence-corrected chi connectivity index (χ2v) is 6.33. The molecule has 0 spiro atoms. The minimum atomic E-state index is 0.464. The van der Waals surface area contributed by atoms with Crippen molar-refractivity contribution in [1.29, 1.82) is 0 Å². The molecule has 2 aliphatic carbocycles. The van der Waals surface area contributed by atoms with Crippen LogP contribution < -0.4 is 0 Å². The maximum Gasteiger partial charge on any atom is 0.0273 e. The molecule has 1 aromatic carbocycles. The van der Waals surface area contributed by atoms with Gasteiger partial charge in [0, 0.05) is 5.92 Å². The summed E-state index contributed by atoms with van der Waals surface area (Å²) >= 11 is 0. The molecule has 0 saturated carbocycles. The third kappa shape index (κ3) is 1.84. The van der Waals surface area contributed by atoms with Gasteiger partial charge >= 0.3 is 0 Å². The minimum absolute atomic E-state index is 0.464. The van der Waals surface area contributed by atoms with Gasteiger partial charge in [-0.05, 0) is 46.9 Å². The minimum Gasteiger partial charge on any atom is -0.0721 e. The van der Waals surface area contributed by atoms with Crippen molar-refractivity contribution in [3.8, 4) is 0 Å². The van der Waals surface area contributed by atoms with Gasteiger partial charge in [0.05, 0.1) is 0 Å². The van der Waals surface area contributed by atoms with Crippen LogP contribution in [0.4, 0.5) is 0 Å². The molecule has 0 heteroatoms. The Bertz CT molecular complexity index is 477. The fourth-order valence-corrected chi connectivity index (χ4v) is 3.31. The van der Waals surface area contributed by atoms with Crippen molar-refractivity contribution >= 4 is 6.08 Å². The van der Waals surface area contributed by atoms with E-state index < -0.39 is 0 Å². The van der Waals surface area contributed by atoms with Gasteiger partial charge in [-0.25, -0.2) is 0 Å². The van der Waals surface area contributed by atoms with Gasteiger partial charge in [-0.3, -0.25) is 0 Å². The molecule has 0 bridgehead atoms. The maximum atomic E-state index is 2.46. The molecule has 17 heavy (non-hydrogen) atoms. The van der Waals surface area contributed by atoms with E-state index >= 15 is 0 Å². The van der Waals surface area contributed by atoms with Crippen LogP contribution >= 0.6 is 0 Å². The first-order valence-electron chi connectivity index (χ1n) is 6.79. The fourth-order valence-electron chi connectivity index (χ4n) is 3.31. The molecular weight excluding hydrogens is 204 g/mol. The second kappa shape index (κ2) is 3.73. The summed E-state index contributed by atoms with van der Waals surface area (Å²) in [6.07, 6.45) is 9.55. The predicted octanol–water partition coefficient (Wildman–Crippen LogP) is 4.56. The molecule has 1 aromatic rings. The van der Waals surface area contributed by atoms with Crippen LogP contribution in [0.1, 0.15) is 55.9 Å². The van der Waals surface area contributed by atoms with Crippen LogP contribution in [0.15, 0.2) is 18.2 Å². The molecule has 1 radical (unpaired) electrons. The summed E-state index contributed by atoms with van der Waals surface area (Å²) in [4.78, 5) is 0. The van der Waals surface area contributed by atoms with E-state index in [0.29, 0.717) is 5.41 Å². The number of benzene rings is 1. The van der Waals surface area contributed by atoms with E-state index in [4.69, 9.17) is 0 Å². The topological polar surface area (TPSA) is 0 Å². The Hall–Kier alpha value is -1.04. The summed E-state index contributed by atoms with van der Waals surface area (Å²) in [7, 11) is 0. The first kappa shape index (κ1) is 11.1. The highest BCUT2D eigenvalue weighted by Gasteiger charge is 2.30. The van der Waals surface area contributed by atoms with Crippen LogP contribution in [0, 0.1) is 11.3 Å². The molecule has 2 aliphatic rings. The van der Waals surface area contributed by atoms with Crippen LogP contribution in [0.5, 0.6) is 0 Å². The van der Waals surface area contributed by atoms with E-state index in [1.807, 2.05) is 0 Å². The molecule has 0 N–H and O–H groups in total. The Kier molecular flexibility index (Phi) is 2.43. The fraction of sp³-hybridized carbons (Fsp3) is 0.471. The van der Waals surface area contributed by atoms with Crippen molar-refractivity contribution < 1.29 is 0 Å². The first-order chi connectivity index (χ1) is 8.09. The smallest absolute Gasteiger partial charge is 0.0273 e. The Morgan fingerprint density at radius 2 is 1.76 bits per heavy atom. The summed E-state index contributed by atoms with van der Waals surface area (Å²) in [5, 5.41) is 0. The molecule has 0 amide bonds. The zero-order chi connectivity index (χ0) is 12.0. The van der Waals surface area contributed by atoms with Gasteiger partial charge < -0.3 is 0 Å². The van der Waals surface area contributed by atoms with Gasteiger partial charge in [0.1, 0.15) is 0 Å². The third-order valence-corrected chi connectivity index (χ3v) is 4.04. The number of hydrogen-bond donors (Lipinski definition) is 0. The van der Waals surface area contributed by atoms with Gasteiger partial charge in [-0.15, -0.1) is 0 Å². The summed E-state index contributed by atoms with van der Waals surface area (Å²) in [5.41, 5.74) is 6.59. The summed E-state index contributed by atoms with van der Waals surface area (Å²) < 4.78 is 0. The highest BCUT2D eigenvalue weighted by Crippen LogP contribution is 2.41. The lowest BCUT2D eigenvalue weighted by molar-refractivity contribution is 0.392. The van der Waals surface area contributed by atoms with Gasteiger partial charge in [-0.2, -0.15) is 0 Å². The van der Waals surface area contributed by atoms with Gasteiger partial charge in [-0.1, -0.05) is 51.5 Å². The quantitative estimate of drug-likeness (QED) is 0.692. The molecule has 0 saturated heterocycles. The van der Waals surface area contributed by atoms with Crippen LogP contribution in [0.25, 0.3) is 6.08 Å². The molecule has 0 heterocycles. The van der Waals surface area contributed by atoms with E-state index in [0.717, 1.165) is 0 Å². The molecule has 0 atom stereocenters. The summed E-state index contributed by atoms with van der Waals surface area (Å²) in [6.45, 7) is 7.02. The van der Waals surface area contributed by atoms with Crippen molar-refractivity contribution in [2.45, 2.75) is 46.5 Å². The normalized spacial score (nSPS) is 20.6. The molecule has 89 valence electrons. The highest BCUT2D eigenvalue weighted by molar-refractivity contribution is 5.70. The van der Waals surface area contributed by atoms with Crippen molar-refractivity contribution in [1.82, 2.24) is 0 Å². The lowest BCUT2D eigenvalue weighted by atomic mass is 9.90. The van der Waals surface area contributed by atoms with E-state index in [1.54, 1.807) is 11.1 Å². The van der Waals surface area contributed by atoms with Crippen LogP contribution in [0.3, 0.4) is 0 Å². The van der Waals surface area contributed by atoms with Crippen molar-refractivity contribution in [2.24, 2.45) is 5.41 Å². The number of rotatable bonds is 2.